The van der Waals surface area contributed by atoms with Crippen molar-refractivity contribution in [1.29, 1.82) is 0 Å². The molecule has 1 heterocycles. The Morgan fingerprint density at radius 3 is 2.50 bits per heavy atom. The van der Waals surface area contributed by atoms with Gasteiger partial charge < -0.3 is 4.42 Å². The lowest BCUT2D eigenvalue weighted by Gasteiger charge is -1.97. The predicted octanol–water partition coefficient (Wildman–Crippen LogP) is 3.27. The summed E-state index contributed by atoms with van der Waals surface area (Å²) in [6, 6.07) is 8.25. The van der Waals surface area contributed by atoms with Gasteiger partial charge in [-0.05, 0) is 19.4 Å². The lowest BCUT2D eigenvalue weighted by molar-refractivity contribution is 0.458. The van der Waals surface area contributed by atoms with Crippen molar-refractivity contribution in [3.05, 3.63) is 47.2 Å². The van der Waals surface area contributed by atoms with Crippen LogP contribution in [0.25, 0.3) is 0 Å². The predicted molar refractivity (Wildman–Crippen MR) is 62.6 cm³/mol. The van der Waals surface area contributed by atoms with E-state index in [2.05, 4.69) is 41.4 Å². The Balaban J connectivity index is 2.11. The monoisotopic (exact) mass is 236 g/mol. The Morgan fingerprint density at radius 2 is 1.94 bits per heavy atom. The smallest absolute Gasteiger partial charge is 0.234 e. The fourth-order valence-electron chi connectivity index (χ4n) is 1.38. The van der Waals surface area contributed by atoms with Crippen molar-refractivity contribution in [1.82, 2.24) is 10.2 Å². The van der Waals surface area contributed by atoms with Crippen molar-refractivity contribution in [3.63, 3.8) is 0 Å². The van der Waals surface area contributed by atoms with Crippen LogP contribution in [0.1, 0.15) is 35.2 Å². The fourth-order valence-corrected chi connectivity index (χ4v) is 1.47. The number of halogens is 1. The zero-order valence-corrected chi connectivity index (χ0v) is 10.0. The fraction of sp³-hybridized carbons (Fsp3) is 0.333. The number of aryl methyl sites for hydroxylation is 1. The number of aromatic nitrogens is 2. The van der Waals surface area contributed by atoms with Crippen molar-refractivity contribution in [2.75, 3.05) is 0 Å². The standard InChI is InChI=1S/C12H13ClN2O/c1-8-3-5-10(6-4-8)7-11-14-15-12(16-11)9(2)13/h3-6,9H,7H2,1-2H3. The van der Waals surface area contributed by atoms with E-state index < -0.39 is 0 Å². The first-order valence-electron chi connectivity index (χ1n) is 5.17. The molecule has 0 saturated carbocycles. The van der Waals surface area contributed by atoms with Crippen molar-refractivity contribution in [2.45, 2.75) is 25.6 Å². The SMILES string of the molecule is Cc1ccc(Cc2nnc(C(C)Cl)o2)cc1. The normalized spacial score (nSPS) is 12.7. The highest BCUT2D eigenvalue weighted by atomic mass is 35.5. The molecule has 0 spiro atoms. The van der Waals surface area contributed by atoms with E-state index in [1.165, 1.54) is 5.56 Å². The summed E-state index contributed by atoms with van der Waals surface area (Å²) in [4.78, 5) is 0. The lowest BCUT2D eigenvalue weighted by atomic mass is 10.1. The highest BCUT2D eigenvalue weighted by Gasteiger charge is 2.11. The topological polar surface area (TPSA) is 38.9 Å². The van der Waals surface area contributed by atoms with Crippen LogP contribution in [0.15, 0.2) is 28.7 Å². The van der Waals surface area contributed by atoms with Crippen molar-refractivity contribution in [2.24, 2.45) is 0 Å². The van der Waals surface area contributed by atoms with Gasteiger partial charge in [-0.2, -0.15) is 0 Å². The van der Waals surface area contributed by atoms with Crippen LogP contribution in [0.4, 0.5) is 0 Å². The molecular weight excluding hydrogens is 224 g/mol. The first-order valence-corrected chi connectivity index (χ1v) is 5.60. The minimum atomic E-state index is -0.237. The van der Waals surface area contributed by atoms with Crippen molar-refractivity contribution >= 4 is 11.6 Å². The first kappa shape index (κ1) is 11.1. The third-order valence-corrected chi connectivity index (χ3v) is 2.49. The van der Waals surface area contributed by atoms with Crippen LogP contribution in [-0.4, -0.2) is 10.2 Å². The molecule has 16 heavy (non-hydrogen) atoms. The molecule has 1 unspecified atom stereocenters. The van der Waals surface area contributed by atoms with Crippen LogP contribution in [0, 0.1) is 6.92 Å². The maximum absolute atomic E-state index is 5.84. The molecule has 0 radical (unpaired) electrons. The van der Waals surface area contributed by atoms with Gasteiger partial charge in [-0.25, -0.2) is 0 Å². The zero-order valence-electron chi connectivity index (χ0n) is 9.27. The van der Waals surface area contributed by atoms with Gasteiger partial charge in [-0.15, -0.1) is 21.8 Å². The zero-order chi connectivity index (χ0) is 11.5. The lowest BCUT2D eigenvalue weighted by Crippen LogP contribution is -1.88. The van der Waals surface area contributed by atoms with Gasteiger partial charge in [0.1, 0.15) is 5.38 Å². The van der Waals surface area contributed by atoms with Gasteiger partial charge >= 0.3 is 0 Å². The van der Waals surface area contributed by atoms with Gasteiger partial charge in [-0.3, -0.25) is 0 Å². The van der Waals surface area contributed by atoms with Gasteiger partial charge in [0.25, 0.3) is 0 Å². The molecule has 0 N–H and O–H groups in total. The van der Waals surface area contributed by atoms with E-state index >= 15 is 0 Å². The van der Waals surface area contributed by atoms with Gasteiger partial charge in [0.05, 0.1) is 6.42 Å². The second-order valence-corrected chi connectivity index (χ2v) is 4.47. The summed E-state index contributed by atoms with van der Waals surface area (Å²) in [5.41, 5.74) is 2.40. The molecule has 1 atom stereocenters. The highest BCUT2D eigenvalue weighted by molar-refractivity contribution is 6.20. The van der Waals surface area contributed by atoms with E-state index in [1.54, 1.807) is 0 Å². The average molecular weight is 237 g/mol. The minimum absolute atomic E-state index is 0.237. The van der Waals surface area contributed by atoms with Crippen LogP contribution in [0.2, 0.25) is 0 Å². The van der Waals surface area contributed by atoms with Gasteiger partial charge in [-0.1, -0.05) is 29.8 Å². The van der Waals surface area contributed by atoms with E-state index in [1.807, 2.05) is 6.92 Å². The molecule has 0 amide bonds. The number of alkyl halides is 1. The molecule has 1 aromatic carbocycles. The maximum Gasteiger partial charge on any atom is 0.234 e. The van der Waals surface area contributed by atoms with Gasteiger partial charge in [0, 0.05) is 0 Å². The second kappa shape index (κ2) is 4.66. The summed E-state index contributed by atoms with van der Waals surface area (Å²) in [5, 5.41) is 7.60. The van der Waals surface area contributed by atoms with Crippen molar-refractivity contribution in [3.8, 4) is 0 Å². The number of hydrogen-bond donors (Lipinski definition) is 0. The molecule has 2 rings (SSSR count). The molecule has 0 saturated heterocycles. The number of nitrogens with zero attached hydrogens (tertiary/aromatic N) is 2. The molecule has 1 aromatic heterocycles. The van der Waals surface area contributed by atoms with Gasteiger partial charge in [0.2, 0.25) is 11.8 Å². The average Bonchev–Trinajstić information content (AvgIpc) is 2.70. The van der Waals surface area contributed by atoms with Crippen molar-refractivity contribution < 1.29 is 4.42 Å². The van der Waals surface area contributed by atoms with E-state index in [9.17, 15) is 0 Å². The Kier molecular flexibility index (Phi) is 3.25. The number of benzene rings is 1. The largest absolute Gasteiger partial charge is 0.423 e. The van der Waals surface area contributed by atoms with E-state index in [0.29, 0.717) is 18.2 Å². The van der Waals surface area contributed by atoms with Crippen LogP contribution in [0.5, 0.6) is 0 Å². The first-order chi connectivity index (χ1) is 7.65. The number of hydrogen-bond acceptors (Lipinski definition) is 3. The van der Waals surface area contributed by atoms with E-state index in [4.69, 9.17) is 16.0 Å². The quantitative estimate of drug-likeness (QED) is 0.768. The Morgan fingerprint density at radius 1 is 1.25 bits per heavy atom. The molecule has 4 heteroatoms. The summed E-state index contributed by atoms with van der Waals surface area (Å²) in [6.45, 7) is 3.87. The Hall–Kier alpha value is -1.35. The molecule has 0 fully saturated rings. The van der Waals surface area contributed by atoms with E-state index in [-0.39, 0.29) is 5.38 Å². The molecule has 0 aliphatic heterocycles. The minimum Gasteiger partial charge on any atom is -0.423 e. The molecule has 0 bridgehead atoms. The Labute approximate surface area is 99.5 Å². The summed E-state index contributed by atoms with van der Waals surface area (Å²) in [5.74, 6) is 1.08. The molecule has 2 aromatic rings. The summed E-state index contributed by atoms with van der Waals surface area (Å²) >= 11 is 5.84. The highest BCUT2D eigenvalue weighted by Crippen LogP contribution is 2.18. The van der Waals surface area contributed by atoms with E-state index in [0.717, 1.165) is 5.56 Å². The van der Waals surface area contributed by atoms with Crippen LogP contribution < -0.4 is 0 Å². The summed E-state index contributed by atoms with van der Waals surface area (Å²) in [7, 11) is 0. The molecule has 0 aliphatic rings. The van der Waals surface area contributed by atoms with Crippen LogP contribution >= 0.6 is 11.6 Å². The molecule has 84 valence electrons. The molecule has 3 nitrogen and oxygen atoms in total. The second-order valence-electron chi connectivity index (χ2n) is 3.81. The third kappa shape index (κ3) is 2.61. The van der Waals surface area contributed by atoms with Crippen LogP contribution in [-0.2, 0) is 6.42 Å². The van der Waals surface area contributed by atoms with Gasteiger partial charge in [0.15, 0.2) is 0 Å². The molecule has 0 aliphatic carbocycles. The summed E-state index contributed by atoms with van der Waals surface area (Å²) in [6.07, 6.45) is 0.650. The van der Waals surface area contributed by atoms with Crippen LogP contribution in [0.3, 0.4) is 0 Å². The summed E-state index contributed by atoms with van der Waals surface area (Å²) < 4.78 is 5.43. The third-order valence-electron chi connectivity index (χ3n) is 2.30. The molecular formula is C12H13ClN2O. The maximum atomic E-state index is 5.84. The number of rotatable bonds is 3. The Bertz CT molecular complexity index is 462.